The zero-order valence-electron chi connectivity index (χ0n) is 7.62. The molecule has 0 atom stereocenters. The summed E-state index contributed by atoms with van der Waals surface area (Å²) in [7, 11) is 0. The van der Waals surface area contributed by atoms with Gasteiger partial charge in [-0.25, -0.2) is 14.6 Å². The minimum Gasteiger partial charge on any atom is -0.304 e. The molecule has 0 aliphatic carbocycles. The zero-order chi connectivity index (χ0) is 10.4. The van der Waals surface area contributed by atoms with Crippen LogP contribution in [-0.4, -0.2) is 12.2 Å². The number of halogens is 1. The Morgan fingerprint density at radius 2 is 2.21 bits per heavy atom. The molecule has 74 valence electrons. The summed E-state index contributed by atoms with van der Waals surface area (Å²) in [5.41, 5.74) is 2.28. The quantitative estimate of drug-likeness (QED) is 0.550. The number of carbonyl (C=O) groups excluding carboxylic acids is 1. The molecule has 14 heavy (non-hydrogen) atoms. The van der Waals surface area contributed by atoms with Crippen LogP contribution >= 0.6 is 0 Å². The molecule has 1 aromatic carbocycles. The Morgan fingerprint density at radius 3 is 2.86 bits per heavy atom. The van der Waals surface area contributed by atoms with Gasteiger partial charge in [-0.2, -0.15) is 5.10 Å². The van der Waals surface area contributed by atoms with Gasteiger partial charge in [0.15, 0.2) is 0 Å². The lowest BCUT2D eigenvalue weighted by molar-refractivity contribution is 0.252. The molecule has 1 rings (SSSR count). The van der Waals surface area contributed by atoms with Crippen molar-refractivity contribution < 1.29 is 9.18 Å². The lowest BCUT2D eigenvalue weighted by Crippen LogP contribution is -2.24. The van der Waals surface area contributed by atoms with Crippen LogP contribution in [0, 0.1) is 5.82 Å². The van der Waals surface area contributed by atoms with Crippen molar-refractivity contribution in [1.29, 1.82) is 0 Å². The van der Waals surface area contributed by atoms with Crippen molar-refractivity contribution in [2.24, 2.45) is 5.10 Å². The smallest absolute Gasteiger partial charge is 0.304 e. The Kier molecular flexibility index (Phi) is 3.60. The van der Waals surface area contributed by atoms with Gasteiger partial charge in [0, 0.05) is 6.21 Å². The van der Waals surface area contributed by atoms with E-state index < -0.39 is 11.8 Å². The van der Waals surface area contributed by atoms with E-state index in [1.54, 1.807) is 19.1 Å². The number of urea groups is 1. The second kappa shape index (κ2) is 4.96. The van der Waals surface area contributed by atoms with Crippen LogP contribution in [0.3, 0.4) is 0 Å². The molecule has 1 aromatic rings. The molecular formula is C9H10FN3O. The number of anilines is 1. The van der Waals surface area contributed by atoms with Gasteiger partial charge in [0.25, 0.3) is 0 Å². The summed E-state index contributed by atoms with van der Waals surface area (Å²) in [5.74, 6) is -0.483. The number of benzene rings is 1. The summed E-state index contributed by atoms with van der Waals surface area (Å²) < 4.78 is 13.0. The van der Waals surface area contributed by atoms with E-state index in [4.69, 9.17) is 0 Å². The summed E-state index contributed by atoms with van der Waals surface area (Å²) in [6.45, 7) is 1.66. The highest BCUT2D eigenvalue weighted by atomic mass is 19.1. The van der Waals surface area contributed by atoms with Crippen LogP contribution in [0.2, 0.25) is 0 Å². The minimum absolute atomic E-state index is 0.122. The highest BCUT2D eigenvalue weighted by molar-refractivity contribution is 5.89. The summed E-state index contributed by atoms with van der Waals surface area (Å²) in [4.78, 5) is 11.0. The monoisotopic (exact) mass is 195 g/mol. The molecule has 0 saturated carbocycles. The van der Waals surface area contributed by atoms with Gasteiger partial charge in [-0.05, 0) is 19.1 Å². The standard InChI is InChI=1S/C9H10FN3O/c1-2-11-13-9(14)12-8-6-4-3-5-7(8)10/h2-6H,1H3,(H2,12,13,14)/b11-2+. The lowest BCUT2D eigenvalue weighted by Gasteiger charge is -2.04. The van der Waals surface area contributed by atoms with Crippen molar-refractivity contribution in [2.75, 3.05) is 5.32 Å². The number of rotatable bonds is 2. The molecule has 0 unspecified atom stereocenters. The first-order valence-electron chi connectivity index (χ1n) is 4.03. The fourth-order valence-electron chi connectivity index (χ4n) is 0.836. The Balaban J connectivity index is 2.60. The first-order chi connectivity index (χ1) is 6.74. The van der Waals surface area contributed by atoms with Crippen LogP contribution in [0.15, 0.2) is 29.4 Å². The molecule has 2 N–H and O–H groups in total. The van der Waals surface area contributed by atoms with Crippen LogP contribution in [0.5, 0.6) is 0 Å². The number of hydrazone groups is 1. The Labute approximate surface area is 80.8 Å². The minimum atomic E-state index is -0.576. The van der Waals surface area contributed by atoms with Gasteiger partial charge < -0.3 is 5.32 Å². The summed E-state index contributed by atoms with van der Waals surface area (Å²) in [6, 6.07) is 5.32. The van der Waals surface area contributed by atoms with Crippen molar-refractivity contribution in [2.45, 2.75) is 6.92 Å². The van der Waals surface area contributed by atoms with Gasteiger partial charge in [-0.1, -0.05) is 12.1 Å². The molecule has 4 nitrogen and oxygen atoms in total. The van der Waals surface area contributed by atoms with Gasteiger partial charge in [0.05, 0.1) is 5.69 Å². The number of hydrogen-bond donors (Lipinski definition) is 2. The van der Waals surface area contributed by atoms with E-state index in [0.29, 0.717) is 0 Å². The predicted octanol–water partition coefficient (Wildman–Crippen LogP) is 1.95. The van der Waals surface area contributed by atoms with Crippen molar-refractivity contribution in [3.8, 4) is 0 Å². The van der Waals surface area contributed by atoms with Crippen LogP contribution in [0.25, 0.3) is 0 Å². The highest BCUT2D eigenvalue weighted by Gasteiger charge is 2.03. The third kappa shape index (κ3) is 2.85. The first-order valence-corrected chi connectivity index (χ1v) is 4.03. The second-order valence-corrected chi connectivity index (χ2v) is 2.43. The van der Waals surface area contributed by atoms with Crippen LogP contribution in [0.1, 0.15) is 6.92 Å². The second-order valence-electron chi connectivity index (χ2n) is 2.43. The van der Waals surface area contributed by atoms with Gasteiger partial charge in [-0.15, -0.1) is 0 Å². The van der Waals surface area contributed by atoms with Gasteiger partial charge >= 0.3 is 6.03 Å². The van der Waals surface area contributed by atoms with E-state index in [1.165, 1.54) is 18.3 Å². The number of para-hydroxylation sites is 1. The predicted molar refractivity (Wildman–Crippen MR) is 52.7 cm³/mol. The largest absolute Gasteiger partial charge is 0.339 e. The van der Waals surface area contributed by atoms with E-state index >= 15 is 0 Å². The van der Waals surface area contributed by atoms with E-state index in [2.05, 4.69) is 15.8 Å². The average molecular weight is 195 g/mol. The molecule has 0 heterocycles. The van der Waals surface area contributed by atoms with Crippen LogP contribution in [0.4, 0.5) is 14.9 Å². The van der Waals surface area contributed by atoms with Crippen molar-refractivity contribution in [1.82, 2.24) is 5.43 Å². The van der Waals surface area contributed by atoms with Gasteiger partial charge in [0.1, 0.15) is 5.82 Å². The maximum atomic E-state index is 13.0. The summed E-state index contributed by atoms with van der Waals surface area (Å²) in [5, 5.41) is 5.79. The number of nitrogens with zero attached hydrogens (tertiary/aromatic N) is 1. The molecule has 0 aromatic heterocycles. The van der Waals surface area contributed by atoms with E-state index in [1.807, 2.05) is 0 Å². The maximum Gasteiger partial charge on any atom is 0.339 e. The zero-order valence-corrected chi connectivity index (χ0v) is 7.62. The number of amides is 2. The Hall–Kier alpha value is -1.91. The number of carbonyl (C=O) groups is 1. The number of nitrogens with one attached hydrogen (secondary N) is 2. The molecule has 0 aliphatic heterocycles. The fourth-order valence-corrected chi connectivity index (χ4v) is 0.836. The maximum absolute atomic E-state index is 13.0. The van der Waals surface area contributed by atoms with Gasteiger partial charge in [-0.3, -0.25) is 0 Å². The fraction of sp³-hybridized carbons (Fsp3) is 0.111. The lowest BCUT2D eigenvalue weighted by atomic mass is 10.3. The normalized spacial score (nSPS) is 10.1. The summed E-state index contributed by atoms with van der Waals surface area (Å²) >= 11 is 0. The number of hydrogen-bond acceptors (Lipinski definition) is 2. The Bertz CT molecular complexity index is 352. The topological polar surface area (TPSA) is 53.5 Å². The first kappa shape index (κ1) is 10.2. The summed E-state index contributed by atoms with van der Waals surface area (Å²) in [6.07, 6.45) is 1.42. The van der Waals surface area contributed by atoms with Crippen molar-refractivity contribution in [3.63, 3.8) is 0 Å². The Morgan fingerprint density at radius 1 is 1.50 bits per heavy atom. The molecule has 5 heteroatoms. The molecular weight excluding hydrogens is 185 g/mol. The molecule has 0 bridgehead atoms. The van der Waals surface area contributed by atoms with Crippen LogP contribution < -0.4 is 10.7 Å². The molecule has 0 saturated heterocycles. The third-order valence-electron chi connectivity index (χ3n) is 1.42. The van der Waals surface area contributed by atoms with E-state index in [0.717, 1.165) is 0 Å². The molecule has 2 amide bonds. The molecule has 0 radical (unpaired) electrons. The van der Waals surface area contributed by atoms with Crippen molar-refractivity contribution in [3.05, 3.63) is 30.1 Å². The average Bonchev–Trinajstić information content (AvgIpc) is 2.18. The molecule has 0 spiro atoms. The third-order valence-corrected chi connectivity index (χ3v) is 1.42. The van der Waals surface area contributed by atoms with Crippen LogP contribution in [-0.2, 0) is 0 Å². The van der Waals surface area contributed by atoms with E-state index in [9.17, 15) is 9.18 Å². The molecule has 0 fully saturated rings. The SMILES string of the molecule is C/C=N/NC(=O)Nc1ccccc1F. The van der Waals surface area contributed by atoms with E-state index in [-0.39, 0.29) is 5.69 Å². The highest BCUT2D eigenvalue weighted by Crippen LogP contribution is 2.11. The van der Waals surface area contributed by atoms with Gasteiger partial charge in [0.2, 0.25) is 0 Å². The molecule has 0 aliphatic rings. The van der Waals surface area contributed by atoms with Crippen molar-refractivity contribution >= 4 is 17.9 Å².